The molecule has 0 aromatic carbocycles. The van der Waals surface area contributed by atoms with Crippen LogP contribution in [0, 0.1) is 0 Å². The van der Waals surface area contributed by atoms with Crippen LogP contribution in [0.15, 0.2) is 12.3 Å². The molecule has 0 unspecified atom stereocenters. The number of ether oxygens (including phenoxy) is 1. The van der Waals surface area contributed by atoms with Gasteiger partial charge in [-0.3, -0.25) is 9.48 Å². The minimum atomic E-state index is -0.628. The van der Waals surface area contributed by atoms with E-state index in [-0.39, 0.29) is 11.9 Å². The summed E-state index contributed by atoms with van der Waals surface area (Å²) >= 11 is 0. The maximum Gasteiger partial charge on any atom is 0.328 e. The Hall–Kier alpha value is -1.85. The van der Waals surface area contributed by atoms with Crippen molar-refractivity contribution in [3.8, 4) is 0 Å². The number of nitrogens with zero attached hydrogens (tertiary/aromatic N) is 3. The van der Waals surface area contributed by atoms with Gasteiger partial charge >= 0.3 is 5.97 Å². The van der Waals surface area contributed by atoms with Crippen LogP contribution in [0.2, 0.25) is 0 Å². The van der Waals surface area contributed by atoms with Gasteiger partial charge in [0.2, 0.25) is 0 Å². The van der Waals surface area contributed by atoms with Crippen molar-refractivity contribution in [2.75, 3.05) is 13.7 Å². The minimum absolute atomic E-state index is 0.189. The van der Waals surface area contributed by atoms with E-state index in [4.69, 9.17) is 4.74 Å². The molecule has 0 aliphatic heterocycles. The zero-order valence-corrected chi connectivity index (χ0v) is 12.1. The molecule has 1 atom stereocenters. The van der Waals surface area contributed by atoms with E-state index in [0.29, 0.717) is 12.3 Å². The second kappa shape index (κ2) is 6.36. The molecule has 1 aromatic heterocycles. The lowest BCUT2D eigenvalue weighted by Crippen LogP contribution is -2.41. The van der Waals surface area contributed by atoms with E-state index in [9.17, 15) is 9.59 Å². The molecular weight excluding hydrogens is 246 g/mol. The van der Waals surface area contributed by atoms with Crippen LogP contribution < -0.4 is 0 Å². The van der Waals surface area contributed by atoms with Crippen LogP contribution in [0.25, 0.3) is 0 Å². The lowest BCUT2D eigenvalue weighted by Gasteiger charge is -2.22. The fourth-order valence-electron chi connectivity index (χ4n) is 1.52. The Kier molecular flexibility index (Phi) is 5.09. The summed E-state index contributed by atoms with van der Waals surface area (Å²) in [6.45, 7) is 7.62. The number of amides is 1. The number of carbonyl (C=O) groups is 2. The largest absolute Gasteiger partial charge is 0.464 e. The monoisotopic (exact) mass is 267 g/mol. The van der Waals surface area contributed by atoms with Crippen LogP contribution in [-0.2, 0) is 9.53 Å². The molecule has 0 saturated carbocycles. The van der Waals surface area contributed by atoms with Crippen molar-refractivity contribution in [2.24, 2.45) is 0 Å². The Balaban J connectivity index is 2.78. The highest BCUT2D eigenvalue weighted by molar-refractivity contribution is 5.94. The molecular formula is C13H21N3O3. The predicted molar refractivity (Wildman–Crippen MR) is 70.8 cm³/mol. The molecule has 0 radical (unpaired) electrons. The molecule has 6 nitrogen and oxygen atoms in total. The summed E-state index contributed by atoms with van der Waals surface area (Å²) in [6, 6.07) is 1.21. The van der Waals surface area contributed by atoms with E-state index in [1.165, 1.54) is 4.90 Å². The Morgan fingerprint density at radius 2 is 2.05 bits per heavy atom. The Bertz CT molecular complexity index is 454. The topological polar surface area (TPSA) is 64.4 Å². The standard InChI is InChI=1S/C13H21N3O3/c1-6-19-13(18)10(4)15(5)12(17)11-7-8-16(14-11)9(2)3/h7-10H,6H2,1-5H3/t10-/m1/s1. The van der Waals surface area contributed by atoms with Crippen LogP contribution in [0.3, 0.4) is 0 Å². The van der Waals surface area contributed by atoms with Gasteiger partial charge in [0.05, 0.1) is 6.61 Å². The van der Waals surface area contributed by atoms with E-state index in [2.05, 4.69) is 5.10 Å². The normalized spacial score (nSPS) is 12.3. The van der Waals surface area contributed by atoms with Gasteiger partial charge in [0.25, 0.3) is 5.91 Å². The van der Waals surface area contributed by atoms with Crippen molar-refractivity contribution in [3.05, 3.63) is 18.0 Å². The van der Waals surface area contributed by atoms with E-state index >= 15 is 0 Å². The molecule has 1 heterocycles. The molecule has 1 rings (SSSR count). The first-order valence-corrected chi connectivity index (χ1v) is 6.37. The number of hydrogen-bond donors (Lipinski definition) is 0. The van der Waals surface area contributed by atoms with Crippen LogP contribution >= 0.6 is 0 Å². The predicted octanol–water partition coefficient (Wildman–Crippen LogP) is 1.49. The minimum Gasteiger partial charge on any atom is -0.464 e. The molecule has 0 aliphatic rings. The van der Waals surface area contributed by atoms with Crippen LogP contribution in [-0.4, -0.2) is 46.3 Å². The van der Waals surface area contributed by atoms with Gasteiger partial charge in [-0.1, -0.05) is 0 Å². The van der Waals surface area contributed by atoms with E-state index in [1.54, 1.807) is 37.8 Å². The van der Waals surface area contributed by atoms with Gasteiger partial charge in [-0.2, -0.15) is 5.10 Å². The van der Waals surface area contributed by atoms with Gasteiger partial charge in [-0.25, -0.2) is 4.79 Å². The van der Waals surface area contributed by atoms with Gasteiger partial charge in [-0.15, -0.1) is 0 Å². The summed E-state index contributed by atoms with van der Waals surface area (Å²) in [4.78, 5) is 25.1. The zero-order valence-electron chi connectivity index (χ0n) is 12.1. The lowest BCUT2D eigenvalue weighted by atomic mass is 10.2. The molecule has 6 heteroatoms. The Labute approximate surface area is 113 Å². The summed E-state index contributed by atoms with van der Waals surface area (Å²) in [5, 5.41) is 4.19. The molecule has 0 bridgehead atoms. The summed E-state index contributed by atoms with van der Waals surface area (Å²) in [5.41, 5.74) is 0.326. The number of rotatable bonds is 5. The third kappa shape index (κ3) is 3.56. The van der Waals surface area contributed by atoms with Gasteiger partial charge < -0.3 is 9.64 Å². The molecule has 1 aromatic rings. The highest BCUT2D eigenvalue weighted by atomic mass is 16.5. The summed E-state index contributed by atoms with van der Waals surface area (Å²) in [6.07, 6.45) is 1.75. The van der Waals surface area contributed by atoms with Crippen LogP contribution in [0.5, 0.6) is 0 Å². The fourth-order valence-corrected chi connectivity index (χ4v) is 1.52. The number of esters is 1. The third-order valence-electron chi connectivity index (χ3n) is 2.89. The molecule has 0 saturated heterocycles. The molecule has 0 fully saturated rings. The van der Waals surface area contributed by atoms with E-state index in [0.717, 1.165) is 0 Å². The van der Waals surface area contributed by atoms with E-state index in [1.807, 2.05) is 13.8 Å². The second-order valence-corrected chi connectivity index (χ2v) is 4.62. The summed E-state index contributed by atoms with van der Waals surface area (Å²) in [5.74, 6) is -0.707. The Morgan fingerprint density at radius 3 is 2.53 bits per heavy atom. The first kappa shape index (κ1) is 15.2. The number of carbonyl (C=O) groups excluding carboxylic acids is 2. The van der Waals surface area contributed by atoms with Crippen molar-refractivity contribution in [2.45, 2.75) is 39.8 Å². The lowest BCUT2D eigenvalue weighted by molar-refractivity contribution is -0.147. The highest BCUT2D eigenvalue weighted by Crippen LogP contribution is 2.09. The molecule has 1 amide bonds. The van der Waals surface area contributed by atoms with Crippen molar-refractivity contribution in [1.82, 2.24) is 14.7 Å². The maximum atomic E-state index is 12.2. The Morgan fingerprint density at radius 1 is 1.42 bits per heavy atom. The number of likely N-dealkylation sites (N-methyl/N-ethyl adjacent to an activating group) is 1. The average Bonchev–Trinajstić information content (AvgIpc) is 2.86. The molecule has 19 heavy (non-hydrogen) atoms. The van der Waals surface area contributed by atoms with Gasteiger partial charge in [0.15, 0.2) is 0 Å². The number of hydrogen-bond acceptors (Lipinski definition) is 4. The van der Waals surface area contributed by atoms with Crippen molar-refractivity contribution >= 4 is 11.9 Å². The SMILES string of the molecule is CCOC(=O)[C@@H](C)N(C)C(=O)c1ccn(C(C)C)n1. The molecule has 106 valence electrons. The van der Waals surface area contributed by atoms with Crippen molar-refractivity contribution in [3.63, 3.8) is 0 Å². The van der Waals surface area contributed by atoms with Crippen LogP contribution in [0.4, 0.5) is 0 Å². The zero-order chi connectivity index (χ0) is 14.6. The average molecular weight is 267 g/mol. The van der Waals surface area contributed by atoms with Gasteiger partial charge in [0, 0.05) is 19.3 Å². The molecule has 0 aliphatic carbocycles. The first-order chi connectivity index (χ1) is 8.88. The first-order valence-electron chi connectivity index (χ1n) is 6.37. The highest BCUT2D eigenvalue weighted by Gasteiger charge is 2.25. The van der Waals surface area contributed by atoms with Crippen molar-refractivity contribution in [1.29, 1.82) is 0 Å². The quantitative estimate of drug-likeness (QED) is 0.758. The number of aromatic nitrogens is 2. The van der Waals surface area contributed by atoms with Gasteiger partial charge in [0.1, 0.15) is 11.7 Å². The summed E-state index contributed by atoms with van der Waals surface area (Å²) < 4.78 is 6.60. The third-order valence-corrected chi connectivity index (χ3v) is 2.89. The van der Waals surface area contributed by atoms with Crippen LogP contribution in [0.1, 0.15) is 44.2 Å². The maximum absolute atomic E-state index is 12.2. The van der Waals surface area contributed by atoms with Gasteiger partial charge in [-0.05, 0) is 33.8 Å². The molecule has 0 spiro atoms. The van der Waals surface area contributed by atoms with E-state index < -0.39 is 12.0 Å². The smallest absolute Gasteiger partial charge is 0.328 e. The molecule has 0 N–H and O–H groups in total. The fraction of sp³-hybridized carbons (Fsp3) is 0.615. The summed E-state index contributed by atoms with van der Waals surface area (Å²) in [7, 11) is 1.57. The van der Waals surface area contributed by atoms with Crippen molar-refractivity contribution < 1.29 is 14.3 Å². The second-order valence-electron chi connectivity index (χ2n) is 4.62.